The number of benzene rings is 1. The van der Waals surface area contributed by atoms with E-state index in [0.717, 1.165) is 17.5 Å². The van der Waals surface area contributed by atoms with Crippen molar-refractivity contribution < 1.29 is 9.47 Å². The molecule has 0 saturated carbocycles. The van der Waals surface area contributed by atoms with Gasteiger partial charge < -0.3 is 15.2 Å². The van der Waals surface area contributed by atoms with Gasteiger partial charge in [-0.2, -0.15) is 5.10 Å². The summed E-state index contributed by atoms with van der Waals surface area (Å²) in [7, 11) is 3.46. The standard InChI is InChI=1S/C15H20ClN3O2/c1-10(17)4-11-5-13(16)15(14(6-11)20-3)21-9-12-7-18-19(2)8-12/h5-8,10H,4,9,17H2,1-3H3. The molecule has 114 valence electrons. The van der Waals surface area contributed by atoms with Gasteiger partial charge in [-0.15, -0.1) is 0 Å². The SMILES string of the molecule is COc1cc(CC(C)N)cc(Cl)c1OCc1cnn(C)c1. The number of halogens is 1. The second-order valence-corrected chi connectivity index (χ2v) is 5.51. The summed E-state index contributed by atoms with van der Waals surface area (Å²) in [6.07, 6.45) is 4.38. The van der Waals surface area contributed by atoms with E-state index in [4.69, 9.17) is 26.8 Å². The van der Waals surface area contributed by atoms with Gasteiger partial charge >= 0.3 is 0 Å². The van der Waals surface area contributed by atoms with Crippen molar-refractivity contribution in [2.45, 2.75) is 26.0 Å². The Morgan fingerprint density at radius 1 is 1.38 bits per heavy atom. The van der Waals surface area contributed by atoms with Gasteiger partial charge in [0, 0.05) is 24.8 Å². The molecule has 1 aromatic carbocycles. The highest BCUT2D eigenvalue weighted by molar-refractivity contribution is 6.32. The van der Waals surface area contributed by atoms with Crippen molar-refractivity contribution in [1.82, 2.24) is 9.78 Å². The maximum Gasteiger partial charge on any atom is 0.180 e. The third kappa shape index (κ3) is 4.12. The molecule has 0 spiro atoms. The average molecular weight is 310 g/mol. The lowest BCUT2D eigenvalue weighted by Gasteiger charge is -2.14. The van der Waals surface area contributed by atoms with E-state index < -0.39 is 0 Å². The quantitative estimate of drug-likeness (QED) is 0.891. The zero-order valence-electron chi connectivity index (χ0n) is 12.5. The lowest BCUT2D eigenvalue weighted by atomic mass is 10.1. The Hall–Kier alpha value is -1.72. The highest BCUT2D eigenvalue weighted by Crippen LogP contribution is 2.37. The number of hydrogen-bond acceptors (Lipinski definition) is 4. The van der Waals surface area contributed by atoms with Gasteiger partial charge in [-0.05, 0) is 31.0 Å². The predicted molar refractivity (Wildman–Crippen MR) is 82.9 cm³/mol. The molecule has 0 aliphatic heterocycles. The zero-order chi connectivity index (χ0) is 15.4. The van der Waals surface area contributed by atoms with E-state index in [2.05, 4.69) is 5.10 Å². The fraction of sp³-hybridized carbons (Fsp3) is 0.400. The molecule has 0 aliphatic carbocycles. The molecule has 6 heteroatoms. The molecule has 0 fully saturated rings. The van der Waals surface area contributed by atoms with Crippen LogP contribution in [0.4, 0.5) is 0 Å². The Bertz CT molecular complexity index is 611. The summed E-state index contributed by atoms with van der Waals surface area (Å²) >= 11 is 6.30. The van der Waals surface area contributed by atoms with Crippen LogP contribution in [-0.2, 0) is 20.1 Å². The monoisotopic (exact) mass is 309 g/mol. The topological polar surface area (TPSA) is 62.3 Å². The van der Waals surface area contributed by atoms with Crippen molar-refractivity contribution in [2.75, 3.05) is 7.11 Å². The molecule has 2 N–H and O–H groups in total. The molecule has 2 aromatic rings. The molecule has 1 heterocycles. The first-order valence-corrected chi connectivity index (χ1v) is 7.09. The number of rotatable bonds is 6. The second kappa shape index (κ2) is 6.83. The van der Waals surface area contributed by atoms with Crippen LogP contribution in [0.2, 0.25) is 5.02 Å². The average Bonchev–Trinajstić information content (AvgIpc) is 2.82. The molecule has 1 unspecified atom stereocenters. The Morgan fingerprint density at radius 2 is 2.14 bits per heavy atom. The van der Waals surface area contributed by atoms with Crippen molar-refractivity contribution in [3.63, 3.8) is 0 Å². The summed E-state index contributed by atoms with van der Waals surface area (Å²) in [5, 5.41) is 4.62. The van der Waals surface area contributed by atoms with Crippen LogP contribution < -0.4 is 15.2 Å². The number of methoxy groups -OCH3 is 1. The molecule has 5 nitrogen and oxygen atoms in total. The van der Waals surface area contributed by atoms with Crippen LogP contribution in [0.3, 0.4) is 0 Å². The van der Waals surface area contributed by atoms with Gasteiger partial charge in [-0.3, -0.25) is 4.68 Å². The van der Waals surface area contributed by atoms with E-state index >= 15 is 0 Å². The predicted octanol–water partition coefficient (Wildman–Crippen LogP) is 2.55. The zero-order valence-corrected chi connectivity index (χ0v) is 13.2. The first-order chi connectivity index (χ1) is 9.99. The van der Waals surface area contributed by atoms with Gasteiger partial charge in [-0.1, -0.05) is 11.6 Å². The smallest absolute Gasteiger partial charge is 0.180 e. The van der Waals surface area contributed by atoms with Crippen molar-refractivity contribution >= 4 is 11.6 Å². The number of ether oxygens (including phenoxy) is 2. The molecule has 0 bridgehead atoms. The van der Waals surface area contributed by atoms with Crippen molar-refractivity contribution in [3.8, 4) is 11.5 Å². The third-order valence-corrected chi connectivity index (χ3v) is 3.27. The normalized spacial score (nSPS) is 12.2. The van der Waals surface area contributed by atoms with Crippen LogP contribution in [0.1, 0.15) is 18.1 Å². The largest absolute Gasteiger partial charge is 0.493 e. The number of nitrogens with zero attached hydrogens (tertiary/aromatic N) is 2. The minimum atomic E-state index is 0.0629. The lowest BCUT2D eigenvalue weighted by Crippen LogP contribution is -2.17. The number of nitrogens with two attached hydrogens (primary N) is 1. The minimum Gasteiger partial charge on any atom is -0.493 e. The number of hydrogen-bond donors (Lipinski definition) is 1. The van der Waals surface area contributed by atoms with Crippen molar-refractivity contribution in [3.05, 3.63) is 40.7 Å². The van der Waals surface area contributed by atoms with Crippen LogP contribution in [0, 0.1) is 0 Å². The third-order valence-electron chi connectivity index (χ3n) is 2.99. The highest BCUT2D eigenvalue weighted by atomic mass is 35.5. The van der Waals surface area contributed by atoms with Crippen LogP contribution in [-0.4, -0.2) is 22.9 Å². The van der Waals surface area contributed by atoms with E-state index in [1.807, 2.05) is 32.3 Å². The fourth-order valence-electron chi connectivity index (χ4n) is 2.10. The minimum absolute atomic E-state index is 0.0629. The fourth-order valence-corrected chi connectivity index (χ4v) is 2.39. The van der Waals surface area contributed by atoms with Gasteiger partial charge in [0.2, 0.25) is 0 Å². The van der Waals surface area contributed by atoms with Crippen molar-refractivity contribution in [1.29, 1.82) is 0 Å². The van der Waals surface area contributed by atoms with Crippen LogP contribution in [0.25, 0.3) is 0 Å². The molecule has 0 radical (unpaired) electrons. The first kappa shape index (κ1) is 15.7. The molecule has 0 aliphatic rings. The number of aromatic nitrogens is 2. The van der Waals surface area contributed by atoms with Crippen LogP contribution in [0.5, 0.6) is 11.5 Å². The Kier molecular flexibility index (Phi) is 5.09. The lowest BCUT2D eigenvalue weighted by molar-refractivity contribution is 0.284. The van der Waals surface area contributed by atoms with Gasteiger partial charge in [-0.25, -0.2) is 0 Å². The first-order valence-electron chi connectivity index (χ1n) is 6.72. The molecular weight excluding hydrogens is 290 g/mol. The molecule has 21 heavy (non-hydrogen) atoms. The molecule has 1 atom stereocenters. The summed E-state index contributed by atoms with van der Waals surface area (Å²) < 4.78 is 12.9. The Balaban J connectivity index is 2.18. The van der Waals surface area contributed by atoms with E-state index in [1.165, 1.54) is 0 Å². The maximum atomic E-state index is 6.30. The Labute approximate surface area is 129 Å². The van der Waals surface area contributed by atoms with Crippen LogP contribution in [0.15, 0.2) is 24.5 Å². The molecule has 0 amide bonds. The van der Waals surface area contributed by atoms with Gasteiger partial charge in [0.15, 0.2) is 11.5 Å². The van der Waals surface area contributed by atoms with Crippen LogP contribution >= 0.6 is 11.6 Å². The molecule has 0 saturated heterocycles. The summed E-state index contributed by atoms with van der Waals surface area (Å²) in [5.41, 5.74) is 7.81. The van der Waals surface area contributed by atoms with E-state index in [-0.39, 0.29) is 6.04 Å². The molecular formula is C15H20ClN3O2. The van der Waals surface area contributed by atoms with E-state index in [1.54, 1.807) is 18.0 Å². The van der Waals surface area contributed by atoms with Crippen molar-refractivity contribution in [2.24, 2.45) is 12.8 Å². The van der Waals surface area contributed by atoms with E-state index in [9.17, 15) is 0 Å². The highest BCUT2D eigenvalue weighted by Gasteiger charge is 2.13. The number of aryl methyl sites for hydroxylation is 1. The molecule has 1 aromatic heterocycles. The van der Waals surface area contributed by atoms with E-state index in [0.29, 0.717) is 23.1 Å². The summed E-state index contributed by atoms with van der Waals surface area (Å²) in [4.78, 5) is 0. The Morgan fingerprint density at radius 3 is 2.71 bits per heavy atom. The van der Waals surface area contributed by atoms with Gasteiger partial charge in [0.05, 0.1) is 18.3 Å². The summed E-state index contributed by atoms with van der Waals surface area (Å²) in [5.74, 6) is 1.15. The maximum absolute atomic E-state index is 6.30. The summed E-state index contributed by atoms with van der Waals surface area (Å²) in [6.45, 7) is 2.34. The van der Waals surface area contributed by atoms with Gasteiger partial charge in [0.25, 0.3) is 0 Å². The second-order valence-electron chi connectivity index (χ2n) is 5.10. The van der Waals surface area contributed by atoms with Gasteiger partial charge in [0.1, 0.15) is 6.61 Å². The summed E-state index contributed by atoms with van der Waals surface area (Å²) in [6, 6.07) is 3.84. The molecule has 2 rings (SSSR count).